The predicted octanol–water partition coefficient (Wildman–Crippen LogP) is 3.43. The Labute approximate surface area is 114 Å². The lowest BCUT2D eigenvalue weighted by molar-refractivity contribution is -0.0508. The van der Waals surface area contributed by atoms with Gasteiger partial charge in [0, 0.05) is 0 Å². The first-order valence-electron chi connectivity index (χ1n) is 7.10. The molecule has 1 saturated heterocycles. The molecule has 3 nitrogen and oxygen atoms in total. The van der Waals surface area contributed by atoms with E-state index in [0.29, 0.717) is 12.2 Å². The van der Waals surface area contributed by atoms with Crippen LogP contribution in [0.25, 0.3) is 0 Å². The van der Waals surface area contributed by atoms with Crippen molar-refractivity contribution in [1.82, 2.24) is 0 Å². The third kappa shape index (κ3) is 2.74. The molecule has 1 aromatic carbocycles. The van der Waals surface area contributed by atoms with Crippen LogP contribution in [-0.2, 0) is 4.74 Å². The van der Waals surface area contributed by atoms with E-state index in [9.17, 15) is 0 Å². The van der Waals surface area contributed by atoms with E-state index in [1.807, 2.05) is 12.1 Å². The van der Waals surface area contributed by atoms with E-state index in [2.05, 4.69) is 6.07 Å². The molecule has 1 atom stereocenters. The molecule has 2 aliphatic rings. The summed E-state index contributed by atoms with van der Waals surface area (Å²) in [5.41, 5.74) is 0.805. The highest BCUT2D eigenvalue weighted by Crippen LogP contribution is 2.43. The van der Waals surface area contributed by atoms with E-state index < -0.39 is 0 Å². The molecule has 0 aromatic heterocycles. The van der Waals surface area contributed by atoms with Crippen molar-refractivity contribution in [3.05, 3.63) is 29.8 Å². The van der Waals surface area contributed by atoms with Crippen LogP contribution in [0.3, 0.4) is 0 Å². The van der Waals surface area contributed by atoms with E-state index >= 15 is 0 Å². The van der Waals surface area contributed by atoms with Gasteiger partial charge >= 0.3 is 0 Å². The largest absolute Gasteiger partial charge is 0.491 e. The van der Waals surface area contributed by atoms with Crippen LogP contribution in [0.2, 0.25) is 0 Å². The Kier molecular flexibility index (Phi) is 3.44. The molecule has 1 unspecified atom stereocenters. The highest BCUT2D eigenvalue weighted by molar-refractivity contribution is 5.36. The minimum atomic E-state index is 0.169. The molecule has 2 fully saturated rings. The first-order valence-corrected chi connectivity index (χ1v) is 7.10. The fourth-order valence-corrected chi connectivity index (χ4v) is 3.24. The maximum atomic E-state index is 8.85. The van der Waals surface area contributed by atoms with Gasteiger partial charge in [-0.2, -0.15) is 5.26 Å². The van der Waals surface area contributed by atoms with Crippen LogP contribution in [0.1, 0.15) is 44.1 Å². The highest BCUT2D eigenvalue weighted by Gasteiger charge is 2.42. The summed E-state index contributed by atoms with van der Waals surface area (Å²) in [6.07, 6.45) is 7.53. The summed E-state index contributed by atoms with van der Waals surface area (Å²) in [6.45, 7) is 0.594. The number of ether oxygens (including phenoxy) is 2. The zero-order chi connectivity index (χ0) is 13.1. The van der Waals surface area contributed by atoms with Gasteiger partial charge in [-0.05, 0) is 43.9 Å². The van der Waals surface area contributed by atoms with Gasteiger partial charge in [0.2, 0.25) is 0 Å². The highest BCUT2D eigenvalue weighted by atomic mass is 16.6. The number of rotatable bonds is 3. The average Bonchev–Trinajstić information content (AvgIpc) is 3.08. The van der Waals surface area contributed by atoms with Gasteiger partial charge in [0.1, 0.15) is 12.4 Å². The number of nitriles is 1. The molecule has 1 spiro atoms. The lowest BCUT2D eigenvalue weighted by Gasteiger charge is -2.23. The summed E-state index contributed by atoms with van der Waals surface area (Å²) in [6, 6.07) is 9.42. The van der Waals surface area contributed by atoms with Crippen LogP contribution in [0, 0.1) is 11.3 Å². The van der Waals surface area contributed by atoms with Gasteiger partial charge in [-0.15, -0.1) is 0 Å². The van der Waals surface area contributed by atoms with Gasteiger partial charge in [-0.1, -0.05) is 18.9 Å². The van der Waals surface area contributed by atoms with E-state index in [0.717, 1.165) is 12.2 Å². The number of hydrogen-bond donors (Lipinski definition) is 0. The second kappa shape index (κ2) is 5.22. The van der Waals surface area contributed by atoms with Crippen molar-refractivity contribution >= 4 is 0 Å². The van der Waals surface area contributed by atoms with Crippen LogP contribution < -0.4 is 4.74 Å². The van der Waals surface area contributed by atoms with E-state index in [-0.39, 0.29) is 11.7 Å². The Morgan fingerprint density at radius 3 is 2.95 bits per heavy atom. The van der Waals surface area contributed by atoms with Crippen molar-refractivity contribution in [3.63, 3.8) is 0 Å². The monoisotopic (exact) mass is 257 g/mol. The van der Waals surface area contributed by atoms with Crippen molar-refractivity contribution in [2.75, 3.05) is 6.61 Å². The SMILES string of the molecule is N#Cc1cccc(OCC2CCC3(CCCC3)O2)c1. The first-order chi connectivity index (χ1) is 9.30. The quantitative estimate of drug-likeness (QED) is 0.833. The molecule has 100 valence electrons. The summed E-state index contributed by atoms with van der Waals surface area (Å²) in [5.74, 6) is 0.759. The molecule has 0 N–H and O–H groups in total. The number of nitrogens with zero attached hydrogens (tertiary/aromatic N) is 1. The van der Waals surface area contributed by atoms with Gasteiger partial charge < -0.3 is 9.47 Å². The molecule has 19 heavy (non-hydrogen) atoms. The molecule has 1 saturated carbocycles. The topological polar surface area (TPSA) is 42.2 Å². The van der Waals surface area contributed by atoms with Crippen molar-refractivity contribution in [3.8, 4) is 11.8 Å². The normalized spacial score (nSPS) is 24.5. The average molecular weight is 257 g/mol. The van der Waals surface area contributed by atoms with Gasteiger partial charge in [0.25, 0.3) is 0 Å². The summed E-state index contributed by atoms with van der Waals surface area (Å²) in [4.78, 5) is 0. The van der Waals surface area contributed by atoms with E-state index in [1.54, 1.807) is 12.1 Å². The third-order valence-corrected chi connectivity index (χ3v) is 4.25. The lowest BCUT2D eigenvalue weighted by Crippen LogP contribution is -2.27. The van der Waals surface area contributed by atoms with Crippen LogP contribution in [-0.4, -0.2) is 18.3 Å². The minimum absolute atomic E-state index is 0.169. The summed E-state index contributed by atoms with van der Waals surface area (Å²) in [5, 5.41) is 8.85. The lowest BCUT2D eigenvalue weighted by atomic mass is 9.98. The fraction of sp³-hybridized carbons (Fsp3) is 0.562. The van der Waals surface area contributed by atoms with Gasteiger partial charge in [-0.25, -0.2) is 0 Å². The summed E-state index contributed by atoms with van der Waals surface area (Å²) in [7, 11) is 0. The molecule has 1 aromatic rings. The third-order valence-electron chi connectivity index (χ3n) is 4.25. The fourth-order valence-electron chi connectivity index (χ4n) is 3.24. The zero-order valence-corrected chi connectivity index (χ0v) is 11.1. The predicted molar refractivity (Wildman–Crippen MR) is 72.0 cm³/mol. The van der Waals surface area contributed by atoms with E-state index in [1.165, 1.54) is 32.1 Å². The molecule has 3 rings (SSSR count). The van der Waals surface area contributed by atoms with Crippen molar-refractivity contribution < 1.29 is 9.47 Å². The number of benzene rings is 1. The molecular formula is C16H19NO2. The molecule has 1 aliphatic carbocycles. The first kappa shape index (κ1) is 12.5. The van der Waals surface area contributed by atoms with E-state index in [4.69, 9.17) is 14.7 Å². The molecule has 0 amide bonds. The molecular weight excluding hydrogens is 238 g/mol. The van der Waals surface area contributed by atoms with Gasteiger partial charge in [0.05, 0.1) is 23.3 Å². The molecule has 1 aliphatic heterocycles. The van der Waals surface area contributed by atoms with Gasteiger partial charge in [0.15, 0.2) is 0 Å². The standard InChI is InChI=1S/C16H19NO2/c17-11-13-4-3-5-14(10-13)18-12-15-6-9-16(19-15)7-1-2-8-16/h3-5,10,15H,1-2,6-9,12H2. The summed E-state index contributed by atoms with van der Waals surface area (Å²) < 4.78 is 12.0. The Bertz CT molecular complexity index is 486. The Morgan fingerprint density at radius 1 is 1.32 bits per heavy atom. The van der Waals surface area contributed by atoms with Crippen molar-refractivity contribution in [2.24, 2.45) is 0 Å². The summed E-state index contributed by atoms with van der Waals surface area (Å²) >= 11 is 0. The molecule has 0 radical (unpaired) electrons. The second-order valence-electron chi connectivity index (χ2n) is 5.62. The Hall–Kier alpha value is -1.53. The maximum Gasteiger partial charge on any atom is 0.120 e. The zero-order valence-electron chi connectivity index (χ0n) is 11.1. The van der Waals surface area contributed by atoms with Gasteiger partial charge in [-0.3, -0.25) is 0 Å². The Morgan fingerprint density at radius 2 is 2.16 bits per heavy atom. The smallest absolute Gasteiger partial charge is 0.120 e. The van der Waals surface area contributed by atoms with Crippen molar-refractivity contribution in [2.45, 2.75) is 50.2 Å². The molecule has 0 bridgehead atoms. The second-order valence-corrected chi connectivity index (χ2v) is 5.62. The van der Waals surface area contributed by atoms with Crippen LogP contribution in [0.4, 0.5) is 0 Å². The van der Waals surface area contributed by atoms with Crippen LogP contribution in [0.15, 0.2) is 24.3 Å². The maximum absolute atomic E-state index is 8.85. The van der Waals surface area contributed by atoms with Crippen LogP contribution in [0.5, 0.6) is 5.75 Å². The minimum Gasteiger partial charge on any atom is -0.491 e. The van der Waals surface area contributed by atoms with Crippen molar-refractivity contribution in [1.29, 1.82) is 5.26 Å². The number of hydrogen-bond acceptors (Lipinski definition) is 3. The molecule has 3 heteroatoms. The van der Waals surface area contributed by atoms with Crippen LogP contribution >= 0.6 is 0 Å². The Balaban J connectivity index is 1.54. The molecule has 1 heterocycles.